The van der Waals surface area contributed by atoms with Crippen LogP contribution in [0.2, 0.25) is 0 Å². The first-order chi connectivity index (χ1) is 7.97. The molecule has 1 aromatic rings. The van der Waals surface area contributed by atoms with Gasteiger partial charge in [0.15, 0.2) is 9.84 Å². The van der Waals surface area contributed by atoms with E-state index in [-0.39, 0.29) is 11.3 Å². The number of benzene rings is 1. The van der Waals surface area contributed by atoms with Crippen LogP contribution in [0.3, 0.4) is 0 Å². The molecule has 0 radical (unpaired) electrons. The summed E-state index contributed by atoms with van der Waals surface area (Å²) in [6.45, 7) is -0.738. The summed E-state index contributed by atoms with van der Waals surface area (Å²) >= 11 is 0. The van der Waals surface area contributed by atoms with Crippen LogP contribution in [0.25, 0.3) is 10.4 Å². The number of alkyl halides is 1. The standard InChI is InChI=1S/C10H12FN3O2S/c1-17(15,16)10-4-2-8(3-5-10)6-9(7-11)13-14-12/h2-5,9H,6-7H2,1H3. The summed E-state index contributed by atoms with van der Waals surface area (Å²) in [6, 6.07) is 5.34. The van der Waals surface area contributed by atoms with Gasteiger partial charge in [0.05, 0.1) is 17.6 Å². The highest BCUT2D eigenvalue weighted by atomic mass is 32.2. The molecule has 0 aromatic heterocycles. The minimum absolute atomic E-state index is 0.210. The molecule has 1 atom stereocenters. The zero-order valence-electron chi connectivity index (χ0n) is 9.25. The molecule has 1 aromatic carbocycles. The van der Waals surface area contributed by atoms with Gasteiger partial charge in [-0.05, 0) is 29.6 Å². The molecular formula is C10H12FN3O2S. The summed E-state index contributed by atoms with van der Waals surface area (Å²) in [5, 5.41) is 3.30. The summed E-state index contributed by atoms with van der Waals surface area (Å²) in [4.78, 5) is 2.76. The fourth-order valence-electron chi connectivity index (χ4n) is 1.34. The number of rotatable bonds is 5. The zero-order chi connectivity index (χ0) is 12.9. The molecule has 1 rings (SSSR count). The topological polar surface area (TPSA) is 82.9 Å². The summed E-state index contributed by atoms with van der Waals surface area (Å²) in [5.74, 6) is 0. The van der Waals surface area contributed by atoms with Gasteiger partial charge in [-0.25, -0.2) is 8.42 Å². The molecule has 92 valence electrons. The lowest BCUT2D eigenvalue weighted by Gasteiger charge is -2.06. The van der Waals surface area contributed by atoms with Crippen LogP contribution in [0.15, 0.2) is 34.3 Å². The number of sulfone groups is 1. The molecule has 17 heavy (non-hydrogen) atoms. The lowest BCUT2D eigenvalue weighted by Crippen LogP contribution is -2.10. The largest absolute Gasteiger partial charge is 0.251 e. The molecule has 5 nitrogen and oxygen atoms in total. The molecular weight excluding hydrogens is 245 g/mol. The SMILES string of the molecule is CS(=O)(=O)c1ccc(CC(CF)N=[N+]=[N-])cc1. The van der Waals surface area contributed by atoms with E-state index in [1.54, 1.807) is 12.1 Å². The Morgan fingerprint density at radius 1 is 1.41 bits per heavy atom. The molecule has 0 spiro atoms. The fraction of sp³-hybridized carbons (Fsp3) is 0.400. The highest BCUT2D eigenvalue weighted by molar-refractivity contribution is 7.90. The second-order valence-corrected chi connectivity index (χ2v) is 5.65. The Hall–Kier alpha value is -1.59. The van der Waals surface area contributed by atoms with Crippen molar-refractivity contribution in [2.75, 3.05) is 12.9 Å². The average Bonchev–Trinajstić information content (AvgIpc) is 2.28. The van der Waals surface area contributed by atoms with Crippen molar-refractivity contribution in [2.24, 2.45) is 5.11 Å². The van der Waals surface area contributed by atoms with E-state index in [0.717, 1.165) is 11.8 Å². The van der Waals surface area contributed by atoms with Gasteiger partial charge < -0.3 is 0 Å². The molecule has 0 aliphatic heterocycles. The summed E-state index contributed by atoms with van der Waals surface area (Å²) < 4.78 is 34.8. The third-order valence-corrected chi connectivity index (χ3v) is 3.34. The molecule has 0 fully saturated rings. The van der Waals surface area contributed by atoms with Crippen molar-refractivity contribution in [3.8, 4) is 0 Å². The molecule has 0 aliphatic carbocycles. The molecule has 7 heteroatoms. The van der Waals surface area contributed by atoms with E-state index < -0.39 is 22.6 Å². The van der Waals surface area contributed by atoms with Gasteiger partial charge in [-0.2, -0.15) is 0 Å². The van der Waals surface area contributed by atoms with Gasteiger partial charge in [0, 0.05) is 11.2 Å². The number of halogens is 1. The average molecular weight is 257 g/mol. The fourth-order valence-corrected chi connectivity index (χ4v) is 1.97. The molecule has 0 aliphatic rings. The molecule has 0 heterocycles. The maximum atomic E-state index is 12.4. The minimum atomic E-state index is -3.22. The molecule has 0 amide bonds. The van der Waals surface area contributed by atoms with Crippen LogP contribution in [0.1, 0.15) is 5.56 Å². The van der Waals surface area contributed by atoms with Crippen molar-refractivity contribution in [1.29, 1.82) is 0 Å². The van der Waals surface area contributed by atoms with Gasteiger partial charge in [0.1, 0.15) is 0 Å². The van der Waals surface area contributed by atoms with E-state index in [9.17, 15) is 12.8 Å². The summed E-state index contributed by atoms with van der Waals surface area (Å²) in [7, 11) is -3.22. The van der Waals surface area contributed by atoms with Crippen molar-refractivity contribution < 1.29 is 12.8 Å². The highest BCUT2D eigenvalue weighted by Crippen LogP contribution is 2.13. The summed E-state index contributed by atoms with van der Waals surface area (Å²) in [6.07, 6.45) is 1.37. The number of azide groups is 1. The Labute approximate surface area is 98.8 Å². The van der Waals surface area contributed by atoms with Gasteiger partial charge in [0.25, 0.3) is 0 Å². The lowest BCUT2D eigenvalue weighted by molar-refractivity contribution is 0.426. The Kier molecular flexibility index (Phi) is 4.48. The first-order valence-electron chi connectivity index (χ1n) is 4.86. The Morgan fingerprint density at radius 3 is 2.41 bits per heavy atom. The third-order valence-electron chi connectivity index (χ3n) is 2.22. The van der Waals surface area contributed by atoms with Crippen LogP contribution in [-0.2, 0) is 16.3 Å². The first kappa shape index (κ1) is 13.5. The van der Waals surface area contributed by atoms with Gasteiger partial charge in [-0.15, -0.1) is 0 Å². The quantitative estimate of drug-likeness (QED) is 0.460. The second kappa shape index (κ2) is 5.65. The van der Waals surface area contributed by atoms with E-state index in [2.05, 4.69) is 10.0 Å². The van der Waals surface area contributed by atoms with Crippen molar-refractivity contribution in [1.82, 2.24) is 0 Å². The van der Waals surface area contributed by atoms with Crippen LogP contribution in [0.4, 0.5) is 4.39 Å². The van der Waals surface area contributed by atoms with E-state index in [4.69, 9.17) is 5.53 Å². The van der Waals surface area contributed by atoms with Gasteiger partial charge in [0.2, 0.25) is 0 Å². The lowest BCUT2D eigenvalue weighted by atomic mass is 10.1. The van der Waals surface area contributed by atoms with E-state index in [1.165, 1.54) is 12.1 Å². The van der Waals surface area contributed by atoms with Crippen LogP contribution in [0.5, 0.6) is 0 Å². The Balaban J connectivity index is 2.85. The van der Waals surface area contributed by atoms with Crippen LogP contribution < -0.4 is 0 Å². The predicted octanol–water partition coefficient (Wildman–Crippen LogP) is 2.28. The Morgan fingerprint density at radius 2 is 2.00 bits per heavy atom. The molecule has 0 N–H and O–H groups in total. The molecule has 0 saturated carbocycles. The van der Waals surface area contributed by atoms with Crippen LogP contribution in [-0.4, -0.2) is 27.4 Å². The van der Waals surface area contributed by atoms with E-state index in [0.29, 0.717) is 0 Å². The smallest absolute Gasteiger partial charge is 0.175 e. The van der Waals surface area contributed by atoms with Crippen LogP contribution >= 0.6 is 0 Å². The Bertz CT molecular complexity index is 521. The van der Waals surface area contributed by atoms with Gasteiger partial charge in [-0.1, -0.05) is 17.2 Å². The zero-order valence-corrected chi connectivity index (χ0v) is 10.1. The van der Waals surface area contributed by atoms with Gasteiger partial charge in [-0.3, -0.25) is 4.39 Å². The normalized spacial score (nSPS) is 12.8. The first-order valence-corrected chi connectivity index (χ1v) is 6.75. The number of hydrogen-bond donors (Lipinski definition) is 0. The highest BCUT2D eigenvalue weighted by Gasteiger charge is 2.09. The molecule has 0 saturated heterocycles. The number of nitrogens with zero attached hydrogens (tertiary/aromatic N) is 3. The van der Waals surface area contributed by atoms with Gasteiger partial charge >= 0.3 is 0 Å². The van der Waals surface area contributed by atoms with Crippen molar-refractivity contribution in [2.45, 2.75) is 17.4 Å². The van der Waals surface area contributed by atoms with Crippen molar-refractivity contribution >= 4 is 9.84 Å². The molecule has 1 unspecified atom stereocenters. The van der Waals surface area contributed by atoms with Crippen LogP contribution in [0, 0.1) is 0 Å². The minimum Gasteiger partial charge on any atom is -0.251 e. The molecule has 0 bridgehead atoms. The third kappa shape index (κ3) is 4.05. The summed E-state index contributed by atoms with van der Waals surface area (Å²) in [5.41, 5.74) is 8.94. The number of hydrogen-bond acceptors (Lipinski definition) is 3. The predicted molar refractivity (Wildman–Crippen MR) is 62.2 cm³/mol. The maximum absolute atomic E-state index is 12.4. The monoisotopic (exact) mass is 257 g/mol. The maximum Gasteiger partial charge on any atom is 0.175 e. The van der Waals surface area contributed by atoms with E-state index >= 15 is 0 Å². The van der Waals surface area contributed by atoms with Crippen molar-refractivity contribution in [3.63, 3.8) is 0 Å². The van der Waals surface area contributed by atoms with E-state index in [1.807, 2.05) is 0 Å². The second-order valence-electron chi connectivity index (χ2n) is 3.63. The van der Waals surface area contributed by atoms with Crippen molar-refractivity contribution in [3.05, 3.63) is 40.3 Å².